The molecule has 262 valence electrons. The topological polar surface area (TPSA) is 232 Å². The summed E-state index contributed by atoms with van der Waals surface area (Å²) >= 11 is 3.41. The van der Waals surface area contributed by atoms with Crippen LogP contribution in [0, 0.1) is 0 Å². The first-order valence-corrected chi connectivity index (χ1v) is 19.3. The molecule has 1 aliphatic heterocycles. The van der Waals surface area contributed by atoms with Gasteiger partial charge in [-0.15, -0.1) is 0 Å². The van der Waals surface area contributed by atoms with E-state index in [1.165, 1.54) is 16.1 Å². The molecule has 20 heteroatoms. The van der Waals surface area contributed by atoms with Crippen LogP contribution in [-0.4, -0.2) is 144 Å². The Bertz CT molecular complexity index is 1620. The van der Waals surface area contributed by atoms with Gasteiger partial charge in [-0.2, -0.15) is 0 Å². The van der Waals surface area contributed by atoms with Crippen LogP contribution in [0.15, 0.2) is 53.3 Å². The molecule has 0 atom stereocenters. The van der Waals surface area contributed by atoms with E-state index in [9.17, 15) is 43.4 Å². The summed E-state index contributed by atoms with van der Waals surface area (Å²) in [5.74, 6) is -0.885. The van der Waals surface area contributed by atoms with Gasteiger partial charge < -0.3 is 35.3 Å². The summed E-state index contributed by atoms with van der Waals surface area (Å²) in [4.78, 5) is 78.3. The molecule has 0 unspecified atom stereocenters. The lowest BCUT2D eigenvalue weighted by molar-refractivity contribution is -0.138. The van der Waals surface area contributed by atoms with Crippen molar-refractivity contribution in [1.82, 2.24) is 29.6 Å². The third-order valence-corrected chi connectivity index (χ3v) is 9.52. The highest BCUT2D eigenvalue weighted by Gasteiger charge is 2.25. The molecule has 1 saturated heterocycles. The van der Waals surface area contributed by atoms with Crippen molar-refractivity contribution in [3.05, 3.63) is 53.3 Å². The molecule has 0 spiro atoms. The summed E-state index contributed by atoms with van der Waals surface area (Å²) in [7, 11) is -8.90. The minimum absolute atomic E-state index is 0.114. The van der Waals surface area contributed by atoms with Gasteiger partial charge in [-0.1, -0.05) is 15.9 Å². The molecule has 2 heterocycles. The van der Waals surface area contributed by atoms with Crippen LogP contribution in [-0.2, 0) is 18.7 Å². The third-order valence-electron chi connectivity index (χ3n) is 7.45. The summed E-state index contributed by atoms with van der Waals surface area (Å²) in [5.41, 5.74) is 1.91. The SMILES string of the molecule is O=C(O)CN1CCN(CP(=O)(O)O)CCN(CC(=O)Nc2ccc3c(Nc4ccc(Br)cc4)ncnc3c2)CCN(CP(=O)(O)O)CC1. The number of carboxylic acids is 1. The number of hydrogen-bond acceptors (Lipinski definition) is 11. The van der Waals surface area contributed by atoms with Gasteiger partial charge in [0.25, 0.3) is 0 Å². The number of benzene rings is 2. The molecule has 1 aliphatic rings. The highest BCUT2D eigenvalue weighted by Crippen LogP contribution is 2.36. The number of aliphatic carboxylic acids is 1. The van der Waals surface area contributed by atoms with Crippen molar-refractivity contribution in [2.24, 2.45) is 0 Å². The number of rotatable bonds is 11. The fourth-order valence-corrected chi connectivity index (χ4v) is 7.07. The zero-order valence-corrected chi connectivity index (χ0v) is 29.3. The summed E-state index contributed by atoms with van der Waals surface area (Å²) in [6.45, 7) is 0.824. The van der Waals surface area contributed by atoms with Gasteiger partial charge in [0.2, 0.25) is 5.91 Å². The van der Waals surface area contributed by atoms with Crippen LogP contribution in [0.5, 0.6) is 0 Å². The molecule has 0 saturated carbocycles. The lowest BCUT2D eigenvalue weighted by Crippen LogP contribution is -2.48. The van der Waals surface area contributed by atoms with Crippen LogP contribution in [0.4, 0.5) is 17.2 Å². The van der Waals surface area contributed by atoms with E-state index in [1.807, 2.05) is 24.3 Å². The van der Waals surface area contributed by atoms with Crippen LogP contribution in [0.3, 0.4) is 0 Å². The van der Waals surface area contributed by atoms with Gasteiger partial charge in [0.1, 0.15) is 24.7 Å². The van der Waals surface area contributed by atoms with Crippen molar-refractivity contribution in [2.45, 2.75) is 0 Å². The molecule has 0 radical (unpaired) electrons. The highest BCUT2D eigenvalue weighted by atomic mass is 79.9. The van der Waals surface area contributed by atoms with E-state index in [4.69, 9.17) is 0 Å². The van der Waals surface area contributed by atoms with Gasteiger partial charge in [0.15, 0.2) is 0 Å². The second-order valence-electron chi connectivity index (χ2n) is 11.4. The summed E-state index contributed by atoms with van der Waals surface area (Å²) in [6, 6.07) is 12.8. The number of hydrogen-bond donors (Lipinski definition) is 7. The van der Waals surface area contributed by atoms with Gasteiger partial charge >= 0.3 is 21.2 Å². The van der Waals surface area contributed by atoms with Crippen LogP contribution in [0.2, 0.25) is 0 Å². The van der Waals surface area contributed by atoms with Crippen molar-refractivity contribution in [1.29, 1.82) is 0 Å². The second kappa shape index (κ2) is 17.2. The number of halogens is 1. The Morgan fingerprint density at radius 3 is 1.75 bits per heavy atom. The lowest BCUT2D eigenvalue weighted by Gasteiger charge is -2.33. The number of aromatic nitrogens is 2. The number of fused-ring (bicyclic) bond motifs is 1. The average molecular weight is 774 g/mol. The molecule has 48 heavy (non-hydrogen) atoms. The first kappa shape index (κ1) is 38.0. The number of carboxylic acid groups (broad SMARTS) is 1. The zero-order chi connectivity index (χ0) is 34.9. The molecule has 1 fully saturated rings. The normalized spacial score (nSPS) is 17.0. The fourth-order valence-electron chi connectivity index (χ4n) is 5.20. The van der Waals surface area contributed by atoms with Gasteiger partial charge in [0.05, 0.1) is 18.6 Å². The van der Waals surface area contributed by atoms with Crippen LogP contribution in [0.1, 0.15) is 0 Å². The lowest BCUT2D eigenvalue weighted by atomic mass is 10.2. The number of carbonyl (C=O) groups excluding carboxylic acids is 1. The molecule has 1 aromatic heterocycles. The van der Waals surface area contributed by atoms with E-state index >= 15 is 0 Å². The predicted molar refractivity (Wildman–Crippen MR) is 183 cm³/mol. The Hall–Kier alpha value is -2.86. The minimum atomic E-state index is -4.45. The van der Waals surface area contributed by atoms with E-state index in [1.54, 1.807) is 28.0 Å². The fraction of sp³-hybridized carbons (Fsp3) is 0.429. The third kappa shape index (κ3) is 13.2. The Labute approximate surface area is 285 Å². The molecule has 4 rings (SSSR count). The van der Waals surface area contributed by atoms with Crippen molar-refractivity contribution < 1.29 is 43.4 Å². The van der Waals surface area contributed by atoms with Crippen molar-refractivity contribution >= 4 is 71.1 Å². The molecular formula is C28H39BrN8O9P2. The average Bonchev–Trinajstić information content (AvgIpc) is 2.98. The largest absolute Gasteiger partial charge is 0.480 e. The minimum Gasteiger partial charge on any atom is -0.480 e. The van der Waals surface area contributed by atoms with Gasteiger partial charge in [-0.05, 0) is 42.5 Å². The van der Waals surface area contributed by atoms with E-state index in [0.29, 0.717) is 17.0 Å². The van der Waals surface area contributed by atoms with Crippen molar-refractivity contribution in [3.8, 4) is 0 Å². The smallest absolute Gasteiger partial charge is 0.339 e. The van der Waals surface area contributed by atoms with Crippen LogP contribution < -0.4 is 10.6 Å². The maximum atomic E-state index is 13.3. The molecule has 7 N–H and O–H groups in total. The zero-order valence-electron chi connectivity index (χ0n) is 25.9. The van der Waals surface area contributed by atoms with E-state index in [2.05, 4.69) is 36.5 Å². The Morgan fingerprint density at radius 1 is 0.729 bits per heavy atom. The van der Waals surface area contributed by atoms with Gasteiger partial charge in [0, 0.05) is 73.6 Å². The van der Waals surface area contributed by atoms with Crippen LogP contribution >= 0.6 is 31.1 Å². The maximum absolute atomic E-state index is 13.3. The molecule has 0 aliphatic carbocycles. The second-order valence-corrected chi connectivity index (χ2v) is 15.6. The Morgan fingerprint density at radius 2 is 1.23 bits per heavy atom. The quantitative estimate of drug-likeness (QED) is 0.137. The summed E-state index contributed by atoms with van der Waals surface area (Å²) in [6.07, 6.45) is 0.325. The molecular weight excluding hydrogens is 734 g/mol. The predicted octanol–water partition coefficient (Wildman–Crippen LogP) is 1.65. The number of carbonyl (C=O) groups is 2. The molecule has 1 amide bonds. The Kier molecular flexibility index (Phi) is 13.6. The number of anilines is 3. The first-order chi connectivity index (χ1) is 22.6. The number of nitrogens with zero attached hydrogens (tertiary/aromatic N) is 6. The summed E-state index contributed by atoms with van der Waals surface area (Å²) < 4.78 is 24.7. The van der Waals surface area contributed by atoms with Crippen molar-refractivity contribution in [3.63, 3.8) is 0 Å². The molecule has 17 nitrogen and oxygen atoms in total. The van der Waals surface area contributed by atoms with E-state index in [-0.39, 0.29) is 71.4 Å². The van der Waals surface area contributed by atoms with Gasteiger partial charge in [-0.25, -0.2) is 9.97 Å². The highest BCUT2D eigenvalue weighted by molar-refractivity contribution is 9.10. The maximum Gasteiger partial charge on any atom is 0.339 e. The van der Waals surface area contributed by atoms with Crippen LogP contribution in [0.25, 0.3) is 10.9 Å². The number of amides is 1. The standard InChI is InChI=1S/C28H39BrN8O9P2/c29-21-1-3-22(4-2-21)33-28-24-6-5-23(15-25(24)30-18-31-28)32-26(38)16-34-7-11-36(19-47(41,42)43)13-9-35(17-27(39)40)10-14-37(12-8-34)20-48(44,45)46/h1-6,15,18H,7-14,16-17,19-20H2,(H,32,38)(H,39,40)(H,30,31,33)(H2,41,42,43)(H2,44,45,46). The van der Waals surface area contributed by atoms with E-state index < -0.39 is 33.7 Å². The molecule has 2 aromatic carbocycles. The number of nitrogens with one attached hydrogen (secondary N) is 2. The van der Waals surface area contributed by atoms with Gasteiger partial charge in [-0.3, -0.25) is 38.3 Å². The molecule has 3 aromatic rings. The molecule has 0 bridgehead atoms. The monoisotopic (exact) mass is 772 g/mol. The van der Waals surface area contributed by atoms with E-state index in [0.717, 1.165) is 15.5 Å². The van der Waals surface area contributed by atoms with Crippen molar-refractivity contribution in [2.75, 3.05) is 88.7 Å². The summed E-state index contributed by atoms with van der Waals surface area (Å²) in [5, 5.41) is 16.2. The Balaban J connectivity index is 1.47. The first-order valence-electron chi connectivity index (χ1n) is 14.9.